The summed E-state index contributed by atoms with van der Waals surface area (Å²) >= 11 is -0.154. The number of amides is 3. The number of hydrogen-bond acceptors (Lipinski definition) is 8. The molecule has 2 aliphatic carbocycles. The first-order valence-corrected chi connectivity index (χ1v) is 24.7. The predicted octanol–water partition coefficient (Wildman–Crippen LogP) is 7.35. The van der Waals surface area contributed by atoms with Gasteiger partial charge in [0.1, 0.15) is 17.2 Å². The summed E-state index contributed by atoms with van der Waals surface area (Å²) in [4.78, 5) is 56.4. The summed E-state index contributed by atoms with van der Waals surface area (Å²) in [5, 5.41) is 3.46. The molecule has 3 saturated heterocycles. The highest BCUT2D eigenvalue weighted by atomic mass is 127. The maximum atomic E-state index is 13.1. The van der Waals surface area contributed by atoms with Gasteiger partial charge in [0.15, 0.2) is 0 Å². The van der Waals surface area contributed by atoms with Crippen LogP contribution in [0.3, 0.4) is 0 Å². The Morgan fingerprint density at radius 2 is 1.54 bits per heavy atom. The van der Waals surface area contributed by atoms with Gasteiger partial charge in [-0.3, -0.25) is 24.6 Å². The van der Waals surface area contributed by atoms with Crippen LogP contribution >= 0.6 is 20.7 Å². The summed E-state index contributed by atoms with van der Waals surface area (Å²) in [6, 6.07) is 11.5. The van der Waals surface area contributed by atoms with Gasteiger partial charge in [-0.25, -0.2) is 9.97 Å². The van der Waals surface area contributed by atoms with Crippen molar-refractivity contribution in [2.45, 2.75) is 108 Å². The normalized spacial score (nSPS) is 25.2. The molecular weight excluding hydrogens is 851 g/mol. The minimum atomic E-state index is -0.221. The molecule has 1 aromatic carbocycles. The van der Waals surface area contributed by atoms with E-state index in [0.29, 0.717) is 18.9 Å². The van der Waals surface area contributed by atoms with Crippen molar-refractivity contribution in [1.29, 1.82) is 0 Å². The smallest absolute Gasteiger partial charge is 0.270 e. The van der Waals surface area contributed by atoms with Crippen molar-refractivity contribution in [2.24, 2.45) is 11.8 Å². The third-order valence-electron chi connectivity index (χ3n) is 14.3. The number of nitrogens with zero attached hydrogens (tertiary/aromatic N) is 7. The molecular formula is C47H61IN8O3. The molecule has 59 heavy (non-hydrogen) atoms. The predicted molar refractivity (Wildman–Crippen MR) is 243 cm³/mol. The van der Waals surface area contributed by atoms with Crippen molar-refractivity contribution in [3.05, 3.63) is 75.5 Å². The van der Waals surface area contributed by atoms with E-state index in [4.69, 9.17) is 9.97 Å². The van der Waals surface area contributed by atoms with Crippen LogP contribution in [-0.4, -0.2) is 110 Å². The van der Waals surface area contributed by atoms with Crippen molar-refractivity contribution in [3.8, 4) is 0 Å². The lowest BCUT2D eigenvalue weighted by Gasteiger charge is -2.45. The van der Waals surface area contributed by atoms with Gasteiger partial charge in [0.25, 0.3) is 5.91 Å². The minimum Gasteiger partial charge on any atom is -0.371 e. The Bertz CT molecular complexity index is 2110. The van der Waals surface area contributed by atoms with Gasteiger partial charge in [0.2, 0.25) is 11.8 Å². The second-order valence-corrected chi connectivity index (χ2v) is 20.7. The fraction of sp³-hybridized carbons (Fsp3) is 0.574. The zero-order chi connectivity index (χ0) is 40.5. The maximum Gasteiger partial charge on any atom is 0.270 e. The first-order valence-electron chi connectivity index (χ1n) is 22.4. The number of hydrogen-bond donors (Lipinski definition) is 1. The number of halogens is 1. The first kappa shape index (κ1) is 40.5. The molecule has 0 bridgehead atoms. The summed E-state index contributed by atoms with van der Waals surface area (Å²) in [6.45, 7) is 6.70. The molecule has 9 rings (SSSR count). The van der Waals surface area contributed by atoms with Crippen LogP contribution in [0.4, 0.5) is 5.69 Å². The molecule has 1 N–H and O–H groups in total. The van der Waals surface area contributed by atoms with Gasteiger partial charge in [-0.2, -0.15) is 0 Å². The summed E-state index contributed by atoms with van der Waals surface area (Å²) in [5.41, 5.74) is 5.35. The van der Waals surface area contributed by atoms with E-state index in [-0.39, 0.29) is 44.4 Å². The number of aryl methyl sites for hydroxylation is 1. The monoisotopic (exact) mass is 912 g/mol. The molecule has 6 aliphatic rings. The van der Waals surface area contributed by atoms with Crippen molar-refractivity contribution in [1.82, 2.24) is 34.6 Å². The average Bonchev–Trinajstić information content (AvgIpc) is 3.94. The molecule has 3 amide bonds. The molecule has 4 aliphatic heterocycles. The molecule has 6 heterocycles. The Labute approximate surface area is 359 Å². The molecule has 314 valence electrons. The zero-order valence-electron chi connectivity index (χ0n) is 35.0. The van der Waals surface area contributed by atoms with Crippen molar-refractivity contribution in [2.75, 3.05) is 58.3 Å². The lowest BCUT2D eigenvalue weighted by Crippen LogP contribution is -2.51. The quantitative estimate of drug-likeness (QED) is 0.167. The van der Waals surface area contributed by atoms with Crippen LogP contribution in [0.15, 0.2) is 58.5 Å². The number of carbonyl (C=O) groups excluding carboxylic acids is 3. The molecule has 0 spiro atoms. The van der Waals surface area contributed by atoms with Crippen LogP contribution in [0.25, 0.3) is 11.0 Å². The number of allylic oxidation sites excluding steroid dienone is 2. The van der Waals surface area contributed by atoms with Crippen LogP contribution in [0, 0.1) is 11.8 Å². The second kappa shape index (κ2) is 18.0. The van der Waals surface area contributed by atoms with E-state index in [1.807, 2.05) is 26.4 Å². The highest BCUT2D eigenvalue weighted by Gasteiger charge is 2.34. The third kappa shape index (κ3) is 8.95. The lowest BCUT2D eigenvalue weighted by atomic mass is 9.74. The largest absolute Gasteiger partial charge is 0.371 e. The van der Waals surface area contributed by atoms with Crippen LogP contribution in [0.2, 0.25) is 0 Å². The molecule has 2 saturated carbocycles. The van der Waals surface area contributed by atoms with E-state index < -0.39 is 0 Å². The van der Waals surface area contributed by atoms with E-state index >= 15 is 0 Å². The third-order valence-corrected chi connectivity index (χ3v) is 17.0. The highest BCUT2D eigenvalue weighted by molar-refractivity contribution is 14.2. The average molecular weight is 913 g/mol. The van der Waals surface area contributed by atoms with E-state index in [1.165, 1.54) is 75.8 Å². The Balaban J connectivity index is 0.711. The molecule has 11 nitrogen and oxygen atoms in total. The number of piperidine rings is 2. The molecule has 2 aromatic heterocycles. The standard InChI is InChI=1S/C47H61IN8O3/c1-52(2)47(59)42-29-35-31-49-43(50-45(35)56(42)39-5-3-4-6-39)19-12-36-11-17-40(30-48-36)53-23-21-33(22-24-53)32-7-13-37(14-8-32)54-25-27-55(28-26-54)38-15-9-34(10-16-38)41-18-20-44(57)51-46(41)58/h9-11,15-17,29-33,37,39,41H,3-8,12-14,18-28H2,1-2H3,(H,51,57,58). The summed E-state index contributed by atoms with van der Waals surface area (Å²) in [5.74, 6) is 2.11. The fourth-order valence-corrected chi connectivity index (χ4v) is 13.1. The summed E-state index contributed by atoms with van der Waals surface area (Å²) in [6.07, 6.45) is 22.2. The lowest BCUT2D eigenvalue weighted by molar-refractivity contribution is -0.134. The first-order chi connectivity index (χ1) is 28.8. The molecule has 1 unspecified atom stereocenters. The summed E-state index contributed by atoms with van der Waals surface area (Å²) < 4.78 is 6.31. The Morgan fingerprint density at radius 3 is 2.22 bits per heavy atom. The molecule has 0 radical (unpaired) electrons. The number of aromatic nitrogens is 3. The topological polar surface area (TPSA) is 107 Å². The number of rotatable bonds is 10. The molecule has 1 atom stereocenters. The van der Waals surface area contributed by atoms with Gasteiger partial charge >= 0.3 is 0 Å². The fourth-order valence-electron chi connectivity index (χ4n) is 10.8. The van der Waals surface area contributed by atoms with Gasteiger partial charge in [-0.05, 0) is 113 Å². The SMILES string of the molecule is CN(C)C(=O)c1cc2cnc(CCC3=IC=C(N4CCC(C5CCC(N6CCN(c7ccc(C8CCC(=O)NC8=O)cc7)CC6)CC5)CC4)C=C3)nc2n1C1CCCC1. The molecule has 3 aromatic rings. The number of nitrogens with one attached hydrogen (secondary N) is 1. The summed E-state index contributed by atoms with van der Waals surface area (Å²) in [7, 11) is 3.65. The van der Waals surface area contributed by atoms with Gasteiger partial charge in [0, 0.05) is 101 Å². The van der Waals surface area contributed by atoms with E-state index in [1.54, 1.807) is 8.41 Å². The maximum absolute atomic E-state index is 13.1. The van der Waals surface area contributed by atoms with Crippen LogP contribution in [0.5, 0.6) is 0 Å². The Kier molecular flexibility index (Phi) is 12.3. The van der Waals surface area contributed by atoms with E-state index in [0.717, 1.165) is 97.9 Å². The number of fused-ring (bicyclic) bond motifs is 1. The molecule has 12 heteroatoms. The Morgan fingerprint density at radius 1 is 0.814 bits per heavy atom. The van der Waals surface area contributed by atoms with Gasteiger partial charge in [-0.1, -0.05) is 51.8 Å². The number of carbonyl (C=O) groups is 3. The Hall–Kier alpha value is -3.91. The van der Waals surface area contributed by atoms with Crippen molar-refractivity contribution in [3.63, 3.8) is 0 Å². The van der Waals surface area contributed by atoms with Crippen LogP contribution in [-0.2, 0) is 16.0 Å². The number of anilines is 1. The number of piperazine rings is 1. The number of likely N-dealkylation sites (tertiary alicyclic amines) is 1. The number of imide groups is 1. The van der Waals surface area contributed by atoms with Gasteiger partial charge < -0.3 is 19.3 Å². The van der Waals surface area contributed by atoms with Gasteiger partial charge in [0.05, 0.1) is 5.92 Å². The van der Waals surface area contributed by atoms with Crippen LogP contribution < -0.4 is 10.2 Å². The zero-order valence-corrected chi connectivity index (χ0v) is 37.1. The van der Waals surface area contributed by atoms with Crippen LogP contribution in [0.1, 0.15) is 117 Å². The van der Waals surface area contributed by atoms with E-state index in [2.05, 4.69) is 65.1 Å². The van der Waals surface area contributed by atoms with Gasteiger partial charge in [-0.15, -0.1) is 0 Å². The molecule has 5 fully saturated rings. The van der Waals surface area contributed by atoms with E-state index in [9.17, 15) is 14.4 Å². The second-order valence-electron chi connectivity index (χ2n) is 18.0. The minimum absolute atomic E-state index is 0.0388. The number of benzene rings is 1. The van der Waals surface area contributed by atoms with Crippen molar-refractivity contribution >= 4 is 58.7 Å². The van der Waals surface area contributed by atoms with Crippen molar-refractivity contribution < 1.29 is 14.4 Å². The highest BCUT2D eigenvalue weighted by Crippen LogP contribution is 2.39.